The molecule has 380 valence electrons. The number of hydrogen-bond donors (Lipinski definition) is 0. The van der Waals surface area contributed by atoms with Crippen molar-refractivity contribution in [3.63, 3.8) is 0 Å². The first-order chi connectivity index (χ1) is 31.1. The first-order valence-electron chi connectivity index (χ1n) is 28.6. The minimum absolute atomic E-state index is 0.0639. The van der Waals surface area contributed by atoms with E-state index in [1.807, 2.05) is 0 Å². The summed E-state index contributed by atoms with van der Waals surface area (Å²) < 4.78 is 16.9. The molecule has 0 unspecified atom stereocenters. The van der Waals surface area contributed by atoms with Crippen LogP contribution in [0.3, 0.4) is 0 Å². The Hall–Kier alpha value is -1.59. The highest BCUT2D eigenvalue weighted by Crippen LogP contribution is 2.18. The highest BCUT2D eigenvalue weighted by molar-refractivity contribution is 5.71. The summed E-state index contributed by atoms with van der Waals surface area (Å²) in [7, 11) is 0. The normalized spacial score (nSPS) is 12.1. The van der Waals surface area contributed by atoms with Crippen molar-refractivity contribution in [1.82, 2.24) is 0 Å². The Morgan fingerprint density at radius 2 is 0.453 bits per heavy atom. The predicted octanol–water partition coefficient (Wildman–Crippen LogP) is 18.7. The van der Waals surface area contributed by atoms with Crippen molar-refractivity contribution >= 4 is 17.9 Å². The van der Waals surface area contributed by atoms with E-state index in [4.69, 9.17) is 14.2 Å². The van der Waals surface area contributed by atoms with E-state index >= 15 is 0 Å². The maximum atomic E-state index is 12.8. The fraction of sp³-hybridized carbons (Fsp3) is 0.948. The van der Waals surface area contributed by atoms with Crippen molar-refractivity contribution in [3.05, 3.63) is 0 Å². The van der Waals surface area contributed by atoms with Gasteiger partial charge in [-0.1, -0.05) is 279 Å². The van der Waals surface area contributed by atoms with Crippen LogP contribution < -0.4 is 0 Å². The summed E-state index contributed by atoms with van der Waals surface area (Å²) in [5.41, 5.74) is 0. The van der Waals surface area contributed by atoms with E-state index in [0.717, 1.165) is 75.5 Å². The molecule has 0 N–H and O–H groups in total. The molecule has 0 saturated heterocycles. The number of carbonyl (C=O) groups excluding carboxylic acids is 3. The Morgan fingerprint density at radius 3 is 0.672 bits per heavy atom. The fourth-order valence-corrected chi connectivity index (χ4v) is 8.82. The molecule has 0 aromatic carbocycles. The molecule has 0 bridgehead atoms. The molecule has 0 saturated carbocycles. The van der Waals surface area contributed by atoms with Crippen molar-refractivity contribution in [3.8, 4) is 0 Å². The summed E-state index contributed by atoms with van der Waals surface area (Å²) in [6, 6.07) is 0. The second-order valence-electron chi connectivity index (χ2n) is 21.4. The van der Waals surface area contributed by atoms with E-state index in [1.54, 1.807) is 0 Å². The van der Waals surface area contributed by atoms with Gasteiger partial charge in [-0.05, 0) is 37.0 Å². The van der Waals surface area contributed by atoms with Crippen LogP contribution in [0.25, 0.3) is 0 Å². The van der Waals surface area contributed by atoms with Gasteiger partial charge in [-0.25, -0.2) is 0 Å². The zero-order valence-corrected chi connectivity index (χ0v) is 44.1. The van der Waals surface area contributed by atoms with Crippen LogP contribution in [-0.2, 0) is 28.6 Å². The summed E-state index contributed by atoms with van der Waals surface area (Å²) in [6.07, 6.45) is 51.0. The third-order valence-electron chi connectivity index (χ3n) is 13.1. The van der Waals surface area contributed by atoms with Crippen LogP contribution in [0, 0.1) is 17.8 Å². The molecule has 6 nitrogen and oxygen atoms in total. The molecule has 0 aliphatic rings. The lowest BCUT2D eigenvalue weighted by Gasteiger charge is -2.18. The second-order valence-corrected chi connectivity index (χ2v) is 21.4. The predicted molar refractivity (Wildman–Crippen MR) is 275 cm³/mol. The van der Waals surface area contributed by atoms with Gasteiger partial charge < -0.3 is 14.2 Å². The van der Waals surface area contributed by atoms with Crippen molar-refractivity contribution < 1.29 is 28.6 Å². The first-order valence-corrected chi connectivity index (χ1v) is 28.6. The average molecular weight is 906 g/mol. The van der Waals surface area contributed by atoms with Gasteiger partial charge >= 0.3 is 17.9 Å². The molecule has 0 heterocycles. The summed E-state index contributed by atoms with van der Waals surface area (Å²) in [5.74, 6) is 1.64. The van der Waals surface area contributed by atoms with Gasteiger partial charge in [0.15, 0.2) is 6.10 Å². The SMILES string of the molecule is CC(C)CCCCCCCCCCCCCCCCCCC(=O)OC[C@@H](COC(=O)CCCCCCCCCCC(C)C)OC(=O)CCCCCCCCCCCCCCCC(C)C. The maximum Gasteiger partial charge on any atom is 0.306 e. The average Bonchev–Trinajstić information content (AvgIpc) is 3.25. The first kappa shape index (κ1) is 62.4. The van der Waals surface area contributed by atoms with Crippen LogP contribution in [0.4, 0.5) is 0 Å². The molecule has 0 aliphatic heterocycles. The van der Waals surface area contributed by atoms with E-state index in [1.165, 1.54) is 199 Å². The molecule has 6 heteroatoms. The van der Waals surface area contributed by atoms with Gasteiger partial charge in [0, 0.05) is 19.3 Å². The molecule has 1 atom stereocenters. The largest absolute Gasteiger partial charge is 0.462 e. The summed E-state index contributed by atoms with van der Waals surface area (Å²) >= 11 is 0. The summed E-state index contributed by atoms with van der Waals surface area (Å²) in [6.45, 7) is 13.7. The zero-order valence-electron chi connectivity index (χ0n) is 44.1. The van der Waals surface area contributed by atoms with Crippen molar-refractivity contribution in [2.45, 2.75) is 324 Å². The summed E-state index contributed by atoms with van der Waals surface area (Å²) in [4.78, 5) is 38.1. The van der Waals surface area contributed by atoms with Crippen LogP contribution in [0.5, 0.6) is 0 Å². The zero-order chi connectivity index (χ0) is 47.0. The van der Waals surface area contributed by atoms with Crippen molar-refractivity contribution in [2.75, 3.05) is 13.2 Å². The van der Waals surface area contributed by atoms with E-state index in [0.29, 0.717) is 19.3 Å². The molecule has 0 radical (unpaired) electrons. The van der Waals surface area contributed by atoms with Crippen molar-refractivity contribution in [1.29, 1.82) is 0 Å². The van der Waals surface area contributed by atoms with Gasteiger partial charge in [0.1, 0.15) is 13.2 Å². The van der Waals surface area contributed by atoms with E-state index in [2.05, 4.69) is 41.5 Å². The van der Waals surface area contributed by atoms with Gasteiger partial charge in [-0.15, -0.1) is 0 Å². The standard InChI is InChI=1S/C58H112O6/c1-52(2)44-38-32-26-20-16-12-9-7-8-10-14-18-22-29-35-41-47-56(59)62-50-55(51-63-57(60)48-42-36-30-25-24-28-34-40-46-54(5)6)64-58(61)49-43-37-31-23-19-15-11-13-17-21-27-33-39-45-53(3)4/h52-55H,7-51H2,1-6H3/t55-/m0/s1. The van der Waals surface area contributed by atoms with Crippen molar-refractivity contribution in [2.24, 2.45) is 17.8 Å². The van der Waals surface area contributed by atoms with Crippen LogP contribution in [0.2, 0.25) is 0 Å². The Labute approximate surface area is 399 Å². The van der Waals surface area contributed by atoms with Gasteiger partial charge in [0.05, 0.1) is 0 Å². The van der Waals surface area contributed by atoms with Gasteiger partial charge in [0.2, 0.25) is 0 Å². The highest BCUT2D eigenvalue weighted by Gasteiger charge is 2.19. The lowest BCUT2D eigenvalue weighted by molar-refractivity contribution is -0.167. The molecule has 0 aromatic heterocycles. The quantitative estimate of drug-likeness (QED) is 0.0344. The van der Waals surface area contributed by atoms with E-state index < -0.39 is 6.10 Å². The third kappa shape index (κ3) is 51.4. The molecular weight excluding hydrogens is 793 g/mol. The van der Waals surface area contributed by atoms with E-state index in [-0.39, 0.29) is 31.1 Å². The maximum absolute atomic E-state index is 12.8. The van der Waals surface area contributed by atoms with Crippen LogP contribution in [-0.4, -0.2) is 37.2 Å². The lowest BCUT2D eigenvalue weighted by atomic mass is 10.0. The number of carbonyl (C=O) groups is 3. The third-order valence-corrected chi connectivity index (χ3v) is 13.1. The number of unbranched alkanes of at least 4 members (excludes halogenated alkanes) is 34. The van der Waals surface area contributed by atoms with Crippen LogP contribution in [0.15, 0.2) is 0 Å². The summed E-state index contributed by atoms with van der Waals surface area (Å²) in [5, 5.41) is 0. The second kappa shape index (κ2) is 49.3. The minimum atomic E-state index is -0.763. The molecule has 0 rings (SSSR count). The molecule has 64 heavy (non-hydrogen) atoms. The van der Waals surface area contributed by atoms with Gasteiger partial charge in [-0.3, -0.25) is 14.4 Å². The smallest absolute Gasteiger partial charge is 0.306 e. The number of rotatable bonds is 51. The molecule has 0 aliphatic carbocycles. The topological polar surface area (TPSA) is 78.9 Å². The number of ether oxygens (including phenoxy) is 3. The monoisotopic (exact) mass is 905 g/mol. The fourth-order valence-electron chi connectivity index (χ4n) is 8.82. The Kier molecular flexibility index (Phi) is 48.1. The number of esters is 3. The molecule has 0 aromatic rings. The van der Waals surface area contributed by atoms with Gasteiger partial charge in [-0.2, -0.15) is 0 Å². The number of hydrogen-bond acceptors (Lipinski definition) is 6. The van der Waals surface area contributed by atoms with Crippen LogP contribution in [0.1, 0.15) is 318 Å². The minimum Gasteiger partial charge on any atom is -0.462 e. The Morgan fingerprint density at radius 1 is 0.266 bits per heavy atom. The Balaban J connectivity index is 4.26. The Bertz CT molecular complexity index is 991. The van der Waals surface area contributed by atoms with Gasteiger partial charge in [0.25, 0.3) is 0 Å². The molecule has 0 fully saturated rings. The van der Waals surface area contributed by atoms with E-state index in [9.17, 15) is 14.4 Å². The molecule has 0 spiro atoms. The highest BCUT2D eigenvalue weighted by atomic mass is 16.6. The van der Waals surface area contributed by atoms with Crippen LogP contribution >= 0.6 is 0 Å². The molecular formula is C58H112O6. The lowest BCUT2D eigenvalue weighted by Crippen LogP contribution is -2.30. The molecule has 0 amide bonds.